The molecule has 0 saturated carbocycles. The molecule has 0 spiro atoms. The van der Waals surface area contributed by atoms with E-state index in [-0.39, 0.29) is 12.2 Å². The van der Waals surface area contributed by atoms with E-state index in [4.69, 9.17) is 5.26 Å². The van der Waals surface area contributed by atoms with Crippen LogP contribution in [0, 0.1) is 11.3 Å². The molecule has 1 saturated heterocycles. The van der Waals surface area contributed by atoms with Crippen molar-refractivity contribution in [3.63, 3.8) is 0 Å². The molecule has 0 unspecified atom stereocenters. The molecule has 18 heavy (non-hydrogen) atoms. The number of piperidine rings is 1. The van der Waals surface area contributed by atoms with Crippen LogP contribution in [0.4, 0.5) is 0 Å². The number of likely N-dealkylation sites (tertiary alicyclic amines) is 1. The second kappa shape index (κ2) is 5.32. The summed E-state index contributed by atoms with van der Waals surface area (Å²) in [6.45, 7) is 1.82. The molecule has 0 bridgehead atoms. The van der Waals surface area contributed by atoms with Gasteiger partial charge in [-0.1, -0.05) is 30.3 Å². The van der Waals surface area contributed by atoms with Crippen molar-refractivity contribution in [1.29, 1.82) is 5.26 Å². The third kappa shape index (κ3) is 2.30. The van der Waals surface area contributed by atoms with Crippen molar-refractivity contribution in [2.24, 2.45) is 0 Å². The number of rotatable bonds is 3. The number of nitrogens with zero attached hydrogens (tertiary/aromatic N) is 2. The van der Waals surface area contributed by atoms with Gasteiger partial charge in [0.15, 0.2) is 5.78 Å². The average molecular weight is 242 g/mol. The van der Waals surface area contributed by atoms with Crippen LogP contribution in [0.2, 0.25) is 0 Å². The second-order valence-corrected chi connectivity index (χ2v) is 5.01. The first-order valence-corrected chi connectivity index (χ1v) is 6.33. The van der Waals surface area contributed by atoms with E-state index in [0.29, 0.717) is 0 Å². The van der Waals surface area contributed by atoms with Crippen molar-refractivity contribution < 1.29 is 4.79 Å². The van der Waals surface area contributed by atoms with Crippen molar-refractivity contribution in [1.82, 2.24) is 4.90 Å². The monoisotopic (exact) mass is 242 g/mol. The van der Waals surface area contributed by atoms with Crippen molar-refractivity contribution in [2.45, 2.75) is 24.7 Å². The summed E-state index contributed by atoms with van der Waals surface area (Å²) in [5.41, 5.74) is 0.627. The Balaban J connectivity index is 2.35. The van der Waals surface area contributed by atoms with Gasteiger partial charge in [-0.25, -0.2) is 0 Å². The van der Waals surface area contributed by atoms with Gasteiger partial charge >= 0.3 is 0 Å². The van der Waals surface area contributed by atoms with Gasteiger partial charge < -0.3 is 4.90 Å². The molecule has 0 aliphatic carbocycles. The molecule has 94 valence electrons. The molecule has 0 N–H and O–H groups in total. The fourth-order valence-electron chi connectivity index (χ4n) is 2.73. The Hall–Kier alpha value is -1.66. The summed E-state index contributed by atoms with van der Waals surface area (Å²) in [7, 11) is 2.07. The van der Waals surface area contributed by atoms with E-state index in [2.05, 4.69) is 11.9 Å². The van der Waals surface area contributed by atoms with Crippen LogP contribution >= 0.6 is 0 Å². The Bertz CT molecular complexity index is 453. The highest BCUT2D eigenvalue weighted by atomic mass is 16.1. The van der Waals surface area contributed by atoms with Gasteiger partial charge in [0.25, 0.3) is 0 Å². The normalized spacial score (nSPS) is 19.1. The van der Waals surface area contributed by atoms with Crippen LogP contribution in [0.15, 0.2) is 30.3 Å². The minimum atomic E-state index is -0.441. The Morgan fingerprint density at radius 1 is 1.33 bits per heavy atom. The number of hydrogen-bond donors (Lipinski definition) is 0. The van der Waals surface area contributed by atoms with Crippen LogP contribution in [0.3, 0.4) is 0 Å². The number of nitriles is 1. The first-order valence-electron chi connectivity index (χ1n) is 6.33. The first-order chi connectivity index (χ1) is 8.69. The fraction of sp³-hybridized carbons (Fsp3) is 0.467. The molecule has 1 fully saturated rings. The first kappa shape index (κ1) is 12.8. The topological polar surface area (TPSA) is 44.1 Å². The van der Waals surface area contributed by atoms with Gasteiger partial charge in [-0.3, -0.25) is 4.79 Å². The lowest BCUT2D eigenvalue weighted by Crippen LogP contribution is -2.46. The van der Waals surface area contributed by atoms with Crippen LogP contribution in [0.5, 0.6) is 0 Å². The lowest BCUT2D eigenvalue weighted by molar-refractivity contribution is -0.125. The van der Waals surface area contributed by atoms with Crippen LogP contribution in [-0.2, 0) is 10.2 Å². The third-order valence-electron chi connectivity index (χ3n) is 3.94. The zero-order valence-electron chi connectivity index (χ0n) is 10.7. The number of carbonyl (C=O) groups is 1. The zero-order valence-corrected chi connectivity index (χ0v) is 10.7. The highest BCUT2D eigenvalue weighted by Crippen LogP contribution is 2.36. The number of benzene rings is 1. The quantitative estimate of drug-likeness (QED) is 0.815. The van der Waals surface area contributed by atoms with E-state index in [9.17, 15) is 4.79 Å². The van der Waals surface area contributed by atoms with E-state index < -0.39 is 5.41 Å². The van der Waals surface area contributed by atoms with Crippen molar-refractivity contribution in [3.8, 4) is 6.07 Å². The van der Waals surface area contributed by atoms with Crippen molar-refractivity contribution in [3.05, 3.63) is 35.9 Å². The Kier molecular flexibility index (Phi) is 3.78. The van der Waals surface area contributed by atoms with Gasteiger partial charge in [0.2, 0.25) is 0 Å². The summed E-state index contributed by atoms with van der Waals surface area (Å²) in [6, 6.07) is 11.9. The van der Waals surface area contributed by atoms with E-state index in [1.165, 1.54) is 0 Å². The van der Waals surface area contributed by atoms with Crippen LogP contribution in [0.25, 0.3) is 0 Å². The van der Waals surface area contributed by atoms with E-state index >= 15 is 0 Å². The lowest BCUT2D eigenvalue weighted by Gasteiger charge is -2.39. The van der Waals surface area contributed by atoms with Crippen LogP contribution < -0.4 is 0 Å². The molecule has 0 atom stereocenters. The molecule has 1 aromatic rings. The van der Waals surface area contributed by atoms with Crippen LogP contribution in [-0.4, -0.2) is 30.8 Å². The lowest BCUT2D eigenvalue weighted by atomic mass is 9.69. The van der Waals surface area contributed by atoms with Gasteiger partial charge in [0.05, 0.1) is 17.9 Å². The predicted molar refractivity (Wildman–Crippen MR) is 70.1 cm³/mol. The van der Waals surface area contributed by atoms with Gasteiger partial charge in [0.1, 0.15) is 0 Å². The Labute approximate surface area is 108 Å². The summed E-state index contributed by atoms with van der Waals surface area (Å²) in [5, 5.41) is 8.80. The highest BCUT2D eigenvalue weighted by Gasteiger charge is 2.41. The zero-order chi connectivity index (χ0) is 13.0. The fourth-order valence-corrected chi connectivity index (χ4v) is 2.73. The van der Waals surface area contributed by atoms with Gasteiger partial charge in [0, 0.05) is 0 Å². The summed E-state index contributed by atoms with van der Waals surface area (Å²) in [5.74, 6) is 0.0734. The average Bonchev–Trinajstić information content (AvgIpc) is 2.41. The van der Waals surface area contributed by atoms with E-state index in [1.54, 1.807) is 0 Å². The minimum absolute atomic E-state index is 0.0125. The Morgan fingerprint density at radius 3 is 2.50 bits per heavy atom. The molecule has 3 nitrogen and oxygen atoms in total. The van der Waals surface area contributed by atoms with E-state index in [1.807, 2.05) is 36.4 Å². The maximum Gasteiger partial charge on any atom is 0.157 e. The van der Waals surface area contributed by atoms with Gasteiger partial charge in [-0.15, -0.1) is 0 Å². The number of hydrogen-bond acceptors (Lipinski definition) is 3. The molecule has 3 heteroatoms. The molecule has 1 heterocycles. The number of carbonyl (C=O) groups excluding carboxylic acids is 1. The number of Topliss-reactive ketones (excluding diaryl/α,β-unsaturated/α-hetero) is 1. The van der Waals surface area contributed by atoms with Crippen molar-refractivity contribution in [2.75, 3.05) is 20.1 Å². The largest absolute Gasteiger partial charge is 0.306 e. The molecule has 2 rings (SSSR count). The van der Waals surface area contributed by atoms with Gasteiger partial charge in [-0.05, 0) is 38.5 Å². The number of ketones is 1. The van der Waals surface area contributed by atoms with E-state index in [0.717, 1.165) is 31.5 Å². The van der Waals surface area contributed by atoms with Crippen LogP contribution in [0.1, 0.15) is 24.8 Å². The standard InChI is InChI=1S/C15H18N2O/c1-17-11-8-15(9-12-17,14(18)7-10-16)13-5-3-2-4-6-13/h2-6H,7-9,11-12H2,1H3. The molecule has 0 radical (unpaired) electrons. The summed E-state index contributed by atoms with van der Waals surface area (Å²) < 4.78 is 0. The molecular formula is C15H18N2O. The minimum Gasteiger partial charge on any atom is -0.306 e. The predicted octanol–water partition coefficient (Wildman–Crippen LogP) is 2.13. The molecule has 1 aliphatic rings. The molecule has 0 aromatic heterocycles. The Morgan fingerprint density at radius 2 is 1.94 bits per heavy atom. The molecular weight excluding hydrogens is 224 g/mol. The summed E-state index contributed by atoms with van der Waals surface area (Å²) >= 11 is 0. The van der Waals surface area contributed by atoms with Gasteiger partial charge in [-0.2, -0.15) is 5.26 Å². The highest BCUT2D eigenvalue weighted by molar-refractivity contribution is 5.91. The maximum atomic E-state index is 12.4. The smallest absolute Gasteiger partial charge is 0.157 e. The molecule has 1 aliphatic heterocycles. The summed E-state index contributed by atoms with van der Waals surface area (Å²) in [4.78, 5) is 14.6. The third-order valence-corrected chi connectivity index (χ3v) is 3.94. The molecule has 0 amide bonds. The second-order valence-electron chi connectivity index (χ2n) is 5.01. The van der Waals surface area contributed by atoms with Crippen molar-refractivity contribution >= 4 is 5.78 Å². The molecule has 1 aromatic carbocycles. The maximum absolute atomic E-state index is 12.4. The SMILES string of the molecule is CN1CCC(C(=O)CC#N)(c2ccccc2)CC1. The summed E-state index contributed by atoms with van der Waals surface area (Å²) in [6.07, 6.45) is 1.64.